The van der Waals surface area contributed by atoms with Crippen LogP contribution in [0.4, 0.5) is 4.39 Å². The van der Waals surface area contributed by atoms with E-state index in [9.17, 15) is 4.39 Å². The number of halogens is 1. The average Bonchev–Trinajstić information content (AvgIpc) is 1.64. The van der Waals surface area contributed by atoms with Crippen molar-refractivity contribution in [3.8, 4) is 0 Å². The van der Waals surface area contributed by atoms with Gasteiger partial charge in [0.25, 0.3) is 0 Å². The summed E-state index contributed by atoms with van der Waals surface area (Å²) >= 11 is 4.53. The van der Waals surface area contributed by atoms with Crippen molar-refractivity contribution >= 4 is 12.2 Å². The van der Waals surface area contributed by atoms with Crippen molar-refractivity contribution in [2.75, 3.05) is 0 Å². The molecule has 1 aromatic heterocycles. The molecule has 0 atom stereocenters. The minimum Gasteiger partial charge on any atom is -0.323 e. The molecule has 0 bridgehead atoms. The molecule has 42 valence electrons. The van der Waals surface area contributed by atoms with Gasteiger partial charge in [0, 0.05) is 6.07 Å². The van der Waals surface area contributed by atoms with Crippen LogP contribution in [-0.4, -0.2) is 9.97 Å². The molecule has 0 amide bonds. The zero-order valence-electron chi connectivity index (χ0n) is 3.89. The van der Waals surface area contributed by atoms with Crippen LogP contribution in [0, 0.1) is 10.6 Å². The molecule has 0 saturated carbocycles. The Hall–Kier alpha value is -0.770. The minimum absolute atomic E-state index is 0.265. The lowest BCUT2D eigenvalue weighted by molar-refractivity contribution is 0.578. The molecule has 1 N–H and O–H groups in total. The molecule has 8 heavy (non-hydrogen) atoms. The van der Waals surface area contributed by atoms with E-state index in [-0.39, 0.29) is 4.64 Å². The Morgan fingerprint density at radius 1 is 1.75 bits per heavy atom. The predicted molar refractivity (Wildman–Crippen MR) is 29.4 cm³/mol. The van der Waals surface area contributed by atoms with Crippen molar-refractivity contribution in [2.45, 2.75) is 0 Å². The van der Waals surface area contributed by atoms with Crippen LogP contribution in [0.1, 0.15) is 0 Å². The fourth-order valence-electron chi connectivity index (χ4n) is 0.345. The van der Waals surface area contributed by atoms with Gasteiger partial charge in [0.15, 0.2) is 5.95 Å². The number of hydrogen-bond donors (Lipinski definition) is 1. The van der Waals surface area contributed by atoms with E-state index in [1.807, 2.05) is 0 Å². The topological polar surface area (TPSA) is 28.7 Å². The molecule has 1 aromatic rings. The van der Waals surface area contributed by atoms with E-state index in [4.69, 9.17) is 0 Å². The van der Waals surface area contributed by atoms with Gasteiger partial charge in [-0.1, -0.05) is 12.2 Å². The van der Waals surface area contributed by atoms with Crippen LogP contribution in [0.5, 0.6) is 0 Å². The molecule has 0 unspecified atom stereocenters. The molecule has 1 heterocycles. The van der Waals surface area contributed by atoms with Gasteiger partial charge in [-0.25, -0.2) is 4.98 Å². The maximum Gasteiger partial charge on any atom is 0.195 e. The number of H-pyrrole nitrogens is 1. The number of nitrogens with one attached hydrogen (secondary N) is 1. The standard InChI is InChI=1S/C4H3FN2S/c5-3-1-4(8)7-2-6-3/h1-2H,(H,6,7,8). The number of aromatic amines is 1. The van der Waals surface area contributed by atoms with Crippen molar-refractivity contribution in [3.05, 3.63) is 23.0 Å². The van der Waals surface area contributed by atoms with Crippen molar-refractivity contribution < 1.29 is 4.39 Å². The van der Waals surface area contributed by atoms with Gasteiger partial charge in [0.2, 0.25) is 0 Å². The summed E-state index contributed by atoms with van der Waals surface area (Å²) in [5, 5.41) is 0. The minimum atomic E-state index is -0.454. The van der Waals surface area contributed by atoms with Gasteiger partial charge in [0.1, 0.15) is 4.64 Å². The molecular weight excluding hydrogens is 127 g/mol. The first kappa shape index (κ1) is 5.37. The fraction of sp³-hybridized carbons (Fsp3) is 0. The highest BCUT2D eigenvalue weighted by Gasteiger charge is 1.82. The Bertz CT molecular complexity index is 231. The molecule has 0 saturated heterocycles. The zero-order valence-corrected chi connectivity index (χ0v) is 4.70. The van der Waals surface area contributed by atoms with Gasteiger partial charge in [-0.2, -0.15) is 4.39 Å². The second kappa shape index (κ2) is 2.00. The van der Waals surface area contributed by atoms with Crippen molar-refractivity contribution in [2.24, 2.45) is 0 Å². The zero-order chi connectivity index (χ0) is 5.98. The maximum absolute atomic E-state index is 12.0. The van der Waals surface area contributed by atoms with E-state index in [0.29, 0.717) is 0 Å². The summed E-state index contributed by atoms with van der Waals surface area (Å²) in [4.78, 5) is 5.79. The quantitative estimate of drug-likeness (QED) is 0.423. The predicted octanol–water partition coefficient (Wildman–Crippen LogP) is 1.28. The van der Waals surface area contributed by atoms with E-state index in [2.05, 4.69) is 22.2 Å². The molecule has 1 rings (SSSR count). The van der Waals surface area contributed by atoms with Crippen molar-refractivity contribution in [1.29, 1.82) is 0 Å². The maximum atomic E-state index is 12.0. The van der Waals surface area contributed by atoms with Gasteiger partial charge in [-0.05, 0) is 0 Å². The lowest BCUT2D eigenvalue weighted by Crippen LogP contribution is -1.81. The van der Waals surface area contributed by atoms with Crippen molar-refractivity contribution in [3.63, 3.8) is 0 Å². The second-order valence-electron chi connectivity index (χ2n) is 1.23. The second-order valence-corrected chi connectivity index (χ2v) is 1.65. The van der Waals surface area contributed by atoms with E-state index in [0.717, 1.165) is 6.07 Å². The van der Waals surface area contributed by atoms with Gasteiger partial charge < -0.3 is 4.98 Å². The van der Waals surface area contributed by atoms with Crippen LogP contribution in [0.15, 0.2) is 12.4 Å². The van der Waals surface area contributed by atoms with Gasteiger partial charge in [0.05, 0.1) is 6.33 Å². The number of aromatic nitrogens is 2. The molecule has 0 aliphatic heterocycles. The number of hydrogen-bond acceptors (Lipinski definition) is 2. The summed E-state index contributed by atoms with van der Waals surface area (Å²) in [6.07, 6.45) is 1.22. The Balaban J connectivity index is 3.28. The van der Waals surface area contributed by atoms with Crippen LogP contribution in [-0.2, 0) is 0 Å². The summed E-state index contributed by atoms with van der Waals surface area (Å²) in [7, 11) is 0. The van der Waals surface area contributed by atoms with E-state index < -0.39 is 5.95 Å². The van der Waals surface area contributed by atoms with Crippen LogP contribution in [0.25, 0.3) is 0 Å². The monoisotopic (exact) mass is 130 g/mol. The fourth-order valence-corrected chi connectivity index (χ4v) is 0.501. The molecule has 4 heteroatoms. The summed E-state index contributed by atoms with van der Waals surface area (Å²) in [6, 6.07) is 1.15. The smallest absolute Gasteiger partial charge is 0.195 e. The molecule has 0 aliphatic carbocycles. The molecule has 0 fully saturated rings. The van der Waals surface area contributed by atoms with Crippen LogP contribution in [0.2, 0.25) is 0 Å². The van der Waals surface area contributed by atoms with E-state index in [1.165, 1.54) is 6.33 Å². The third-order valence-electron chi connectivity index (χ3n) is 0.644. The highest BCUT2D eigenvalue weighted by Crippen LogP contribution is 1.87. The average molecular weight is 130 g/mol. The van der Waals surface area contributed by atoms with Crippen LogP contribution >= 0.6 is 12.2 Å². The normalized spacial score (nSPS) is 9.12. The SMILES string of the molecule is Fc1cc(=S)nc[nH]1. The van der Waals surface area contributed by atoms with E-state index in [1.54, 1.807) is 0 Å². The lowest BCUT2D eigenvalue weighted by Gasteiger charge is -1.82. The Kier molecular flexibility index (Phi) is 1.34. The number of nitrogens with zero attached hydrogens (tertiary/aromatic N) is 1. The highest BCUT2D eigenvalue weighted by atomic mass is 32.1. The first-order valence-corrected chi connectivity index (χ1v) is 2.40. The molecule has 0 radical (unpaired) electrons. The summed E-state index contributed by atoms with van der Waals surface area (Å²) in [6.45, 7) is 0. The molecule has 2 nitrogen and oxygen atoms in total. The summed E-state index contributed by atoms with van der Waals surface area (Å²) in [5.74, 6) is -0.454. The van der Waals surface area contributed by atoms with Gasteiger partial charge in [-0.15, -0.1) is 0 Å². The first-order valence-electron chi connectivity index (χ1n) is 1.99. The van der Waals surface area contributed by atoms with Crippen molar-refractivity contribution in [1.82, 2.24) is 9.97 Å². The van der Waals surface area contributed by atoms with Gasteiger partial charge in [-0.3, -0.25) is 0 Å². The first-order chi connectivity index (χ1) is 3.79. The molecular formula is C4H3FN2S. The molecule has 0 aliphatic rings. The molecule has 0 spiro atoms. The highest BCUT2D eigenvalue weighted by molar-refractivity contribution is 7.71. The summed E-state index contributed by atoms with van der Waals surface area (Å²) < 4.78 is 12.3. The lowest BCUT2D eigenvalue weighted by atomic mass is 10.7. The third-order valence-corrected chi connectivity index (χ3v) is 0.868. The van der Waals surface area contributed by atoms with Crippen LogP contribution < -0.4 is 0 Å². The Labute approximate surface area is 50.4 Å². The largest absolute Gasteiger partial charge is 0.323 e. The Morgan fingerprint density at radius 3 is 2.88 bits per heavy atom. The number of rotatable bonds is 0. The van der Waals surface area contributed by atoms with E-state index >= 15 is 0 Å². The van der Waals surface area contributed by atoms with Crippen LogP contribution in [0.3, 0.4) is 0 Å². The Morgan fingerprint density at radius 2 is 2.50 bits per heavy atom. The third kappa shape index (κ3) is 1.10. The van der Waals surface area contributed by atoms with Gasteiger partial charge >= 0.3 is 0 Å². The summed E-state index contributed by atoms with van der Waals surface area (Å²) in [5.41, 5.74) is 0. The molecule has 0 aromatic carbocycles.